The third-order valence-corrected chi connectivity index (χ3v) is 6.77. The highest BCUT2D eigenvalue weighted by molar-refractivity contribution is 9.11. The second-order valence-corrected chi connectivity index (χ2v) is 8.69. The summed E-state index contributed by atoms with van der Waals surface area (Å²) >= 11 is 11.8. The molecule has 0 spiro atoms. The molecule has 0 radical (unpaired) electrons. The summed E-state index contributed by atoms with van der Waals surface area (Å²) in [7, 11) is 0. The summed E-state index contributed by atoms with van der Waals surface area (Å²) in [6, 6.07) is 8.09. The van der Waals surface area contributed by atoms with Crippen molar-refractivity contribution in [3.8, 4) is 0 Å². The average Bonchev–Trinajstić information content (AvgIpc) is 2.88. The maximum absolute atomic E-state index is 12.0. The van der Waals surface area contributed by atoms with Gasteiger partial charge in [0.25, 0.3) is 0 Å². The molecule has 1 N–H and O–H groups in total. The maximum Gasteiger partial charge on any atom is 0.234 e. The lowest BCUT2D eigenvalue weighted by molar-refractivity contribution is -0.119. The molecule has 2 heterocycles. The Labute approximate surface area is 141 Å². The van der Waals surface area contributed by atoms with E-state index in [0.717, 1.165) is 25.5 Å². The van der Waals surface area contributed by atoms with Crippen molar-refractivity contribution in [2.24, 2.45) is 0 Å². The van der Waals surface area contributed by atoms with Crippen LogP contribution in [0.5, 0.6) is 0 Å². The van der Waals surface area contributed by atoms with E-state index in [9.17, 15) is 4.79 Å². The van der Waals surface area contributed by atoms with Gasteiger partial charge in [-0.3, -0.25) is 4.79 Å². The van der Waals surface area contributed by atoms with Crippen molar-refractivity contribution in [1.82, 2.24) is 0 Å². The molecule has 1 aromatic carbocycles. The van der Waals surface area contributed by atoms with Gasteiger partial charge in [0.05, 0.1) is 14.6 Å². The average molecular weight is 385 g/mol. The molecule has 0 saturated carbocycles. The smallest absolute Gasteiger partial charge is 0.234 e. The number of anilines is 1. The molecule has 1 aliphatic rings. The van der Waals surface area contributed by atoms with E-state index < -0.39 is 5.41 Å². The highest BCUT2D eigenvalue weighted by Crippen LogP contribution is 2.42. The summed E-state index contributed by atoms with van der Waals surface area (Å²) in [6.45, 7) is 5.93. The third kappa shape index (κ3) is 2.43. The summed E-state index contributed by atoms with van der Waals surface area (Å²) in [5.41, 5.74) is 3.62. The number of carbonyl (C=O) groups is 1. The first-order valence-electron chi connectivity index (χ1n) is 6.66. The normalized spacial score (nSPS) is 17.5. The number of carbonyl (C=O) groups excluding carboxylic acids is 1. The van der Waals surface area contributed by atoms with Gasteiger partial charge < -0.3 is 5.32 Å². The Morgan fingerprint density at radius 2 is 2.05 bits per heavy atom. The molecule has 0 aliphatic carbocycles. The van der Waals surface area contributed by atoms with Crippen LogP contribution in [0.1, 0.15) is 40.8 Å². The SMILES string of the molecule is Cc1cc(C(Cl)c2ccc3c(c2)C(C)(C)C(=O)N3)sc1Br. The van der Waals surface area contributed by atoms with Crippen LogP contribution in [-0.4, -0.2) is 5.91 Å². The molecule has 2 nitrogen and oxygen atoms in total. The molecular formula is C16H15BrClNOS. The zero-order chi connectivity index (χ0) is 15.4. The number of benzene rings is 1. The molecule has 110 valence electrons. The highest BCUT2D eigenvalue weighted by Gasteiger charge is 2.38. The summed E-state index contributed by atoms with van der Waals surface area (Å²) in [5.74, 6) is 0.0375. The van der Waals surface area contributed by atoms with Crippen LogP contribution in [0.15, 0.2) is 28.1 Å². The minimum absolute atomic E-state index is 0.0375. The quantitative estimate of drug-likeness (QED) is 0.692. The monoisotopic (exact) mass is 383 g/mol. The van der Waals surface area contributed by atoms with Gasteiger partial charge in [0.15, 0.2) is 0 Å². The molecule has 0 bridgehead atoms. The minimum Gasteiger partial charge on any atom is -0.325 e. The van der Waals surface area contributed by atoms with E-state index in [1.54, 1.807) is 11.3 Å². The maximum atomic E-state index is 12.0. The lowest BCUT2D eigenvalue weighted by Crippen LogP contribution is -2.26. The van der Waals surface area contributed by atoms with Crippen molar-refractivity contribution < 1.29 is 4.79 Å². The number of thiophene rings is 1. The molecule has 5 heteroatoms. The van der Waals surface area contributed by atoms with Crippen molar-refractivity contribution in [1.29, 1.82) is 0 Å². The topological polar surface area (TPSA) is 29.1 Å². The molecule has 0 saturated heterocycles. The predicted octanol–water partition coefficient (Wildman–Crippen LogP) is 5.38. The van der Waals surface area contributed by atoms with Crippen LogP contribution < -0.4 is 5.32 Å². The van der Waals surface area contributed by atoms with Crippen molar-refractivity contribution in [2.45, 2.75) is 31.6 Å². The Hall–Kier alpha value is -0.840. The van der Waals surface area contributed by atoms with Crippen molar-refractivity contribution >= 4 is 50.5 Å². The Balaban J connectivity index is 2.02. The van der Waals surface area contributed by atoms with E-state index in [1.807, 2.05) is 32.0 Å². The molecule has 1 atom stereocenters. The minimum atomic E-state index is -0.506. The van der Waals surface area contributed by atoms with Crippen LogP contribution in [0.4, 0.5) is 5.69 Å². The Morgan fingerprint density at radius 3 is 2.67 bits per heavy atom. The van der Waals surface area contributed by atoms with Crippen LogP contribution in [0.3, 0.4) is 0 Å². The van der Waals surface area contributed by atoms with Gasteiger partial charge in [0.2, 0.25) is 5.91 Å². The second kappa shape index (κ2) is 5.11. The van der Waals surface area contributed by atoms with Crippen molar-refractivity contribution in [2.75, 3.05) is 5.32 Å². The van der Waals surface area contributed by atoms with Gasteiger partial charge in [-0.05, 0) is 65.5 Å². The summed E-state index contributed by atoms with van der Waals surface area (Å²) in [5, 5.41) is 2.72. The van der Waals surface area contributed by atoms with Gasteiger partial charge in [-0.1, -0.05) is 12.1 Å². The first kappa shape index (κ1) is 15.1. The lowest BCUT2D eigenvalue weighted by atomic mass is 9.85. The fraction of sp³-hybridized carbons (Fsp3) is 0.312. The van der Waals surface area contributed by atoms with Gasteiger partial charge >= 0.3 is 0 Å². The first-order chi connectivity index (χ1) is 9.80. The van der Waals surface area contributed by atoms with Crippen LogP contribution in [-0.2, 0) is 10.2 Å². The fourth-order valence-corrected chi connectivity index (χ4v) is 4.43. The Kier molecular flexibility index (Phi) is 3.67. The van der Waals surface area contributed by atoms with Gasteiger partial charge in [-0.25, -0.2) is 0 Å². The lowest BCUT2D eigenvalue weighted by Gasteiger charge is -2.17. The van der Waals surface area contributed by atoms with E-state index in [4.69, 9.17) is 11.6 Å². The molecule has 3 rings (SSSR count). The van der Waals surface area contributed by atoms with Crippen molar-refractivity contribution in [3.63, 3.8) is 0 Å². The summed E-state index contributed by atoms with van der Waals surface area (Å²) in [4.78, 5) is 13.1. The fourth-order valence-electron chi connectivity index (χ4n) is 2.52. The summed E-state index contributed by atoms with van der Waals surface area (Å²) < 4.78 is 1.11. The summed E-state index contributed by atoms with van der Waals surface area (Å²) in [6.07, 6.45) is 0. The first-order valence-corrected chi connectivity index (χ1v) is 8.71. The number of rotatable bonds is 2. The number of amides is 1. The molecule has 1 unspecified atom stereocenters. The molecule has 0 fully saturated rings. The highest BCUT2D eigenvalue weighted by atomic mass is 79.9. The predicted molar refractivity (Wildman–Crippen MR) is 92.5 cm³/mol. The second-order valence-electron chi connectivity index (χ2n) is 5.85. The molecular weight excluding hydrogens is 370 g/mol. The third-order valence-electron chi connectivity index (χ3n) is 3.95. The molecule has 1 aliphatic heterocycles. The number of alkyl halides is 1. The van der Waals surface area contributed by atoms with Gasteiger partial charge in [-0.2, -0.15) is 0 Å². The number of halogens is 2. The number of hydrogen-bond donors (Lipinski definition) is 1. The molecule has 1 amide bonds. The zero-order valence-electron chi connectivity index (χ0n) is 12.0. The van der Waals surface area contributed by atoms with E-state index >= 15 is 0 Å². The van der Waals surface area contributed by atoms with E-state index in [0.29, 0.717) is 0 Å². The molecule has 1 aromatic heterocycles. The number of fused-ring (bicyclic) bond motifs is 1. The number of hydrogen-bond acceptors (Lipinski definition) is 2. The molecule has 21 heavy (non-hydrogen) atoms. The number of aryl methyl sites for hydroxylation is 1. The van der Waals surface area contributed by atoms with Crippen LogP contribution >= 0.6 is 38.9 Å². The van der Waals surface area contributed by atoms with E-state index in [1.165, 1.54) is 5.56 Å². The van der Waals surface area contributed by atoms with Gasteiger partial charge in [0, 0.05) is 10.6 Å². The Bertz CT molecular complexity index is 718. The Morgan fingerprint density at radius 1 is 1.33 bits per heavy atom. The molecule has 2 aromatic rings. The van der Waals surface area contributed by atoms with Crippen LogP contribution in [0.2, 0.25) is 0 Å². The standard InChI is InChI=1S/C16H15BrClNOS/c1-8-6-12(21-14(8)17)13(18)9-4-5-11-10(7-9)16(2,3)15(20)19-11/h4-7,13H,1-3H3,(H,19,20). The van der Waals surface area contributed by atoms with E-state index in [2.05, 4.69) is 34.2 Å². The zero-order valence-corrected chi connectivity index (χ0v) is 15.1. The van der Waals surface area contributed by atoms with Gasteiger partial charge in [0.1, 0.15) is 0 Å². The van der Waals surface area contributed by atoms with Crippen LogP contribution in [0.25, 0.3) is 0 Å². The van der Waals surface area contributed by atoms with Crippen molar-refractivity contribution in [3.05, 3.63) is 49.6 Å². The largest absolute Gasteiger partial charge is 0.325 e. The van der Waals surface area contributed by atoms with E-state index in [-0.39, 0.29) is 11.3 Å². The van der Waals surface area contributed by atoms with Crippen LogP contribution in [0, 0.1) is 6.92 Å². The number of nitrogens with one attached hydrogen (secondary N) is 1. The van der Waals surface area contributed by atoms with Gasteiger partial charge in [-0.15, -0.1) is 22.9 Å².